The van der Waals surface area contributed by atoms with Crippen LogP contribution in [-0.4, -0.2) is 17.1 Å². The summed E-state index contributed by atoms with van der Waals surface area (Å²) in [6, 6.07) is 16.1. The van der Waals surface area contributed by atoms with Crippen LogP contribution in [0.2, 0.25) is 0 Å². The molecule has 1 aromatic heterocycles. The van der Waals surface area contributed by atoms with Gasteiger partial charge in [0.1, 0.15) is 17.4 Å². The summed E-state index contributed by atoms with van der Waals surface area (Å²) in [7, 11) is 1.67. The average molecular weight is 293 g/mol. The Labute approximate surface area is 130 Å². The molecule has 3 aromatic rings. The maximum Gasteiger partial charge on any atom is 0.137 e. The number of ether oxygens (including phenoxy) is 1. The summed E-state index contributed by atoms with van der Waals surface area (Å²) < 4.78 is 5.18. The van der Waals surface area contributed by atoms with Crippen LogP contribution >= 0.6 is 0 Å². The Morgan fingerprint density at radius 2 is 1.77 bits per heavy atom. The molecule has 1 heterocycles. The maximum absolute atomic E-state index is 5.18. The highest BCUT2D eigenvalue weighted by Gasteiger charge is 2.06. The summed E-state index contributed by atoms with van der Waals surface area (Å²) >= 11 is 0. The third kappa shape index (κ3) is 3.01. The van der Waals surface area contributed by atoms with E-state index in [1.54, 1.807) is 7.11 Å². The van der Waals surface area contributed by atoms with E-state index in [-0.39, 0.29) is 0 Å². The number of nitrogens with one attached hydrogen (secondary N) is 1. The van der Waals surface area contributed by atoms with Gasteiger partial charge in [-0.15, -0.1) is 0 Å². The van der Waals surface area contributed by atoms with Crippen LogP contribution in [-0.2, 0) is 13.0 Å². The highest BCUT2D eigenvalue weighted by molar-refractivity contribution is 5.88. The first-order valence-electron chi connectivity index (χ1n) is 7.42. The first kappa shape index (κ1) is 14.3. The molecule has 1 N–H and O–H groups in total. The van der Waals surface area contributed by atoms with Crippen LogP contribution in [0.5, 0.6) is 5.75 Å². The molecule has 0 atom stereocenters. The van der Waals surface area contributed by atoms with Gasteiger partial charge in [-0.05, 0) is 29.8 Å². The second-order valence-corrected chi connectivity index (χ2v) is 5.06. The average Bonchev–Trinajstić information content (AvgIpc) is 2.59. The van der Waals surface area contributed by atoms with Gasteiger partial charge < -0.3 is 10.1 Å². The summed E-state index contributed by atoms with van der Waals surface area (Å²) in [5.74, 6) is 2.61. The van der Waals surface area contributed by atoms with Gasteiger partial charge in [0.25, 0.3) is 0 Å². The van der Waals surface area contributed by atoms with Gasteiger partial charge in [0.2, 0.25) is 0 Å². The van der Waals surface area contributed by atoms with Gasteiger partial charge in [-0.1, -0.05) is 31.2 Å². The fraction of sp³-hybridized carbons (Fsp3) is 0.222. The van der Waals surface area contributed by atoms with E-state index in [0.29, 0.717) is 6.54 Å². The highest BCUT2D eigenvalue weighted by Crippen LogP contribution is 2.21. The van der Waals surface area contributed by atoms with Crippen molar-refractivity contribution in [2.24, 2.45) is 0 Å². The highest BCUT2D eigenvalue weighted by atomic mass is 16.5. The van der Waals surface area contributed by atoms with Crippen LogP contribution in [0.25, 0.3) is 10.9 Å². The zero-order chi connectivity index (χ0) is 15.4. The molecule has 0 bridgehead atoms. The van der Waals surface area contributed by atoms with E-state index < -0.39 is 0 Å². The van der Waals surface area contributed by atoms with Gasteiger partial charge in [0, 0.05) is 18.4 Å². The lowest BCUT2D eigenvalue weighted by Crippen LogP contribution is -2.05. The summed E-state index contributed by atoms with van der Waals surface area (Å²) in [5.41, 5.74) is 2.16. The van der Waals surface area contributed by atoms with Gasteiger partial charge in [-0.3, -0.25) is 0 Å². The Morgan fingerprint density at radius 1 is 1.00 bits per heavy atom. The third-order valence-electron chi connectivity index (χ3n) is 3.58. The zero-order valence-corrected chi connectivity index (χ0v) is 12.8. The lowest BCUT2D eigenvalue weighted by Gasteiger charge is -2.10. The summed E-state index contributed by atoms with van der Waals surface area (Å²) in [5, 5.41) is 4.47. The van der Waals surface area contributed by atoms with Crippen LogP contribution in [0.3, 0.4) is 0 Å². The molecule has 112 valence electrons. The first-order chi connectivity index (χ1) is 10.8. The minimum atomic E-state index is 0.716. The zero-order valence-electron chi connectivity index (χ0n) is 12.8. The molecule has 22 heavy (non-hydrogen) atoms. The number of para-hydroxylation sites is 1. The van der Waals surface area contributed by atoms with Crippen molar-refractivity contribution in [2.45, 2.75) is 19.9 Å². The largest absolute Gasteiger partial charge is 0.497 e. The molecule has 4 nitrogen and oxygen atoms in total. The Kier molecular flexibility index (Phi) is 4.19. The Balaban J connectivity index is 1.86. The van der Waals surface area contributed by atoms with Crippen molar-refractivity contribution in [3.05, 3.63) is 59.9 Å². The van der Waals surface area contributed by atoms with Crippen molar-refractivity contribution in [3.8, 4) is 5.75 Å². The van der Waals surface area contributed by atoms with Crippen molar-refractivity contribution in [3.63, 3.8) is 0 Å². The lowest BCUT2D eigenvalue weighted by atomic mass is 10.2. The summed E-state index contributed by atoms with van der Waals surface area (Å²) in [6.07, 6.45) is 0.821. The van der Waals surface area contributed by atoms with Crippen molar-refractivity contribution in [1.82, 2.24) is 9.97 Å². The quantitative estimate of drug-likeness (QED) is 0.777. The molecule has 0 aliphatic carbocycles. The van der Waals surface area contributed by atoms with Crippen molar-refractivity contribution >= 4 is 16.7 Å². The number of nitrogens with zero attached hydrogens (tertiary/aromatic N) is 2. The second kappa shape index (κ2) is 6.43. The predicted octanol–water partition coefficient (Wildman–Crippen LogP) is 3.81. The molecule has 0 spiro atoms. The van der Waals surface area contributed by atoms with Gasteiger partial charge in [-0.2, -0.15) is 0 Å². The van der Waals surface area contributed by atoms with Crippen LogP contribution in [0.4, 0.5) is 5.82 Å². The van der Waals surface area contributed by atoms with E-state index in [9.17, 15) is 0 Å². The third-order valence-corrected chi connectivity index (χ3v) is 3.58. The molecule has 0 amide bonds. The monoisotopic (exact) mass is 293 g/mol. The molecular weight excluding hydrogens is 274 g/mol. The van der Waals surface area contributed by atoms with Gasteiger partial charge >= 0.3 is 0 Å². The lowest BCUT2D eigenvalue weighted by molar-refractivity contribution is 0.414. The van der Waals surface area contributed by atoms with Crippen molar-refractivity contribution in [1.29, 1.82) is 0 Å². The molecule has 0 saturated carbocycles. The molecule has 0 fully saturated rings. The topological polar surface area (TPSA) is 47.0 Å². The smallest absolute Gasteiger partial charge is 0.137 e. The van der Waals surface area contributed by atoms with Crippen molar-refractivity contribution < 1.29 is 4.74 Å². The molecule has 3 rings (SSSR count). The number of hydrogen-bond donors (Lipinski definition) is 1. The summed E-state index contributed by atoms with van der Waals surface area (Å²) in [4.78, 5) is 9.19. The SMILES string of the molecule is CCc1nc(NCc2ccc(OC)cc2)c2ccccc2n1. The number of aryl methyl sites for hydroxylation is 1. The minimum Gasteiger partial charge on any atom is -0.497 e. The number of benzene rings is 2. The minimum absolute atomic E-state index is 0.716. The molecule has 0 aliphatic heterocycles. The van der Waals surface area contributed by atoms with E-state index in [2.05, 4.69) is 34.3 Å². The van der Waals surface area contributed by atoms with Gasteiger partial charge in [0.05, 0.1) is 12.6 Å². The fourth-order valence-corrected chi connectivity index (χ4v) is 2.35. The predicted molar refractivity (Wildman–Crippen MR) is 89.2 cm³/mol. The molecule has 2 aromatic carbocycles. The molecule has 0 radical (unpaired) electrons. The second-order valence-electron chi connectivity index (χ2n) is 5.06. The van der Waals surface area contributed by atoms with E-state index >= 15 is 0 Å². The van der Waals surface area contributed by atoms with Crippen LogP contribution in [0.1, 0.15) is 18.3 Å². The van der Waals surface area contributed by atoms with E-state index in [0.717, 1.165) is 34.7 Å². The van der Waals surface area contributed by atoms with Crippen LogP contribution in [0.15, 0.2) is 48.5 Å². The molecule has 0 unspecified atom stereocenters. The number of anilines is 1. The standard InChI is InChI=1S/C18H19N3O/c1-3-17-20-16-7-5-4-6-15(16)18(21-17)19-12-13-8-10-14(22-2)11-9-13/h4-11H,3,12H2,1-2H3,(H,19,20,21). The van der Waals surface area contributed by atoms with Crippen LogP contribution < -0.4 is 10.1 Å². The fourth-order valence-electron chi connectivity index (χ4n) is 2.35. The maximum atomic E-state index is 5.18. The van der Waals surface area contributed by atoms with E-state index in [4.69, 9.17) is 4.74 Å². The number of rotatable bonds is 5. The number of fused-ring (bicyclic) bond motifs is 1. The molecular formula is C18H19N3O. The van der Waals surface area contributed by atoms with Gasteiger partial charge in [-0.25, -0.2) is 9.97 Å². The Bertz CT molecular complexity index is 769. The number of aromatic nitrogens is 2. The van der Waals surface area contributed by atoms with E-state index in [1.165, 1.54) is 5.56 Å². The van der Waals surface area contributed by atoms with Crippen LogP contribution in [0, 0.1) is 0 Å². The Morgan fingerprint density at radius 3 is 2.50 bits per heavy atom. The first-order valence-corrected chi connectivity index (χ1v) is 7.42. The molecule has 4 heteroatoms. The number of methoxy groups -OCH3 is 1. The van der Waals surface area contributed by atoms with Gasteiger partial charge in [0.15, 0.2) is 0 Å². The number of hydrogen-bond acceptors (Lipinski definition) is 4. The van der Waals surface area contributed by atoms with Crippen molar-refractivity contribution in [2.75, 3.05) is 12.4 Å². The normalized spacial score (nSPS) is 10.6. The summed E-state index contributed by atoms with van der Waals surface area (Å²) in [6.45, 7) is 2.78. The Hall–Kier alpha value is -2.62. The molecule has 0 saturated heterocycles. The van der Waals surface area contributed by atoms with E-state index in [1.807, 2.05) is 36.4 Å². The molecule has 0 aliphatic rings.